The Bertz CT molecular complexity index is 847. The highest BCUT2D eigenvalue weighted by Crippen LogP contribution is 2.24. The largest absolute Gasteiger partial charge is 0.494 e. The van der Waals surface area contributed by atoms with Crippen molar-refractivity contribution in [3.05, 3.63) is 65.0 Å². The first-order chi connectivity index (χ1) is 12.3. The van der Waals surface area contributed by atoms with Gasteiger partial charge in [-0.05, 0) is 48.9 Å². The van der Waals surface area contributed by atoms with Gasteiger partial charge in [0.15, 0.2) is 6.61 Å². The number of nitrogens with zero attached hydrogens (tertiary/aromatic N) is 3. The topological polar surface area (TPSA) is 69.7 Å². The van der Waals surface area contributed by atoms with Crippen molar-refractivity contribution in [1.29, 1.82) is 0 Å². The van der Waals surface area contributed by atoms with E-state index < -0.39 is 0 Å². The smallest absolute Gasteiger partial charge is 0.267 e. The van der Waals surface area contributed by atoms with E-state index in [0.29, 0.717) is 28.9 Å². The van der Waals surface area contributed by atoms with Crippen LogP contribution < -0.4 is 4.74 Å². The van der Waals surface area contributed by atoms with Crippen molar-refractivity contribution in [2.45, 2.75) is 13.5 Å². The first kappa shape index (κ1) is 17.0. The van der Waals surface area contributed by atoms with Gasteiger partial charge in [0, 0.05) is 5.56 Å². The molecule has 0 spiro atoms. The van der Waals surface area contributed by atoms with Gasteiger partial charge in [-0.3, -0.25) is 0 Å². The Morgan fingerprint density at radius 1 is 1.16 bits per heavy atom. The number of ether oxygens (including phenoxy) is 1. The van der Waals surface area contributed by atoms with Crippen molar-refractivity contribution in [3.8, 4) is 17.1 Å². The molecule has 0 amide bonds. The number of rotatable bonds is 7. The zero-order valence-corrected chi connectivity index (χ0v) is 14.3. The van der Waals surface area contributed by atoms with Gasteiger partial charge in [-0.2, -0.15) is 4.98 Å². The summed E-state index contributed by atoms with van der Waals surface area (Å²) in [6.45, 7) is 2.65. The molecule has 0 unspecified atom stereocenters. The van der Waals surface area contributed by atoms with E-state index in [2.05, 4.69) is 15.3 Å². The highest BCUT2D eigenvalue weighted by atomic mass is 35.5. The van der Waals surface area contributed by atoms with E-state index in [1.54, 1.807) is 12.3 Å². The maximum absolute atomic E-state index is 6.11. The number of hydrogen-bond donors (Lipinski definition) is 0. The number of aromatic nitrogens is 2. The zero-order chi connectivity index (χ0) is 17.5. The minimum Gasteiger partial charge on any atom is -0.494 e. The summed E-state index contributed by atoms with van der Waals surface area (Å²) in [5.74, 6) is 1.55. The second-order valence-corrected chi connectivity index (χ2v) is 5.41. The standard InChI is InChI=1S/C18H16ClN3O3/c1-2-23-14-9-7-13(8-10-14)11-20-24-12-17-21-18(22-25-17)15-5-3-4-6-16(15)19/h3-11H,2,12H2,1H3/b20-11-. The quantitative estimate of drug-likeness (QED) is 0.464. The summed E-state index contributed by atoms with van der Waals surface area (Å²) < 4.78 is 10.5. The number of hydrogen-bond acceptors (Lipinski definition) is 6. The Balaban J connectivity index is 1.55. The summed E-state index contributed by atoms with van der Waals surface area (Å²) in [6.07, 6.45) is 1.60. The lowest BCUT2D eigenvalue weighted by Gasteiger charge is -2.01. The van der Waals surface area contributed by atoms with Gasteiger partial charge < -0.3 is 14.1 Å². The van der Waals surface area contributed by atoms with E-state index in [0.717, 1.165) is 11.3 Å². The summed E-state index contributed by atoms with van der Waals surface area (Å²) in [6, 6.07) is 14.8. The van der Waals surface area contributed by atoms with Crippen LogP contribution >= 0.6 is 11.6 Å². The third-order valence-corrected chi connectivity index (χ3v) is 3.57. The lowest BCUT2D eigenvalue weighted by Crippen LogP contribution is -1.92. The molecule has 1 aromatic heterocycles. The van der Waals surface area contributed by atoms with Gasteiger partial charge in [0.05, 0.1) is 17.8 Å². The molecule has 0 N–H and O–H groups in total. The molecule has 0 atom stereocenters. The van der Waals surface area contributed by atoms with E-state index in [1.165, 1.54) is 0 Å². The van der Waals surface area contributed by atoms with Crippen LogP contribution in [0.4, 0.5) is 0 Å². The van der Waals surface area contributed by atoms with Crippen LogP contribution in [0.1, 0.15) is 18.4 Å². The average Bonchev–Trinajstić information content (AvgIpc) is 3.09. The molecular formula is C18H16ClN3O3. The van der Waals surface area contributed by atoms with E-state index in [1.807, 2.05) is 49.4 Å². The van der Waals surface area contributed by atoms with Gasteiger partial charge in [0.1, 0.15) is 5.75 Å². The zero-order valence-electron chi connectivity index (χ0n) is 13.6. The molecule has 3 rings (SSSR count). The SMILES string of the molecule is CCOc1ccc(/C=N\OCc2nc(-c3ccccc3Cl)no2)cc1. The van der Waals surface area contributed by atoms with Crippen LogP contribution in [0.3, 0.4) is 0 Å². The van der Waals surface area contributed by atoms with Gasteiger partial charge in [0.25, 0.3) is 5.89 Å². The van der Waals surface area contributed by atoms with Crippen molar-refractivity contribution in [1.82, 2.24) is 10.1 Å². The molecule has 0 bridgehead atoms. The predicted molar refractivity (Wildman–Crippen MR) is 94.7 cm³/mol. The normalized spacial score (nSPS) is 11.0. The molecule has 3 aromatic rings. The fourth-order valence-corrected chi connectivity index (χ4v) is 2.29. The minimum absolute atomic E-state index is 0.0744. The van der Waals surface area contributed by atoms with Gasteiger partial charge in [-0.1, -0.05) is 34.0 Å². The van der Waals surface area contributed by atoms with Gasteiger partial charge in [-0.15, -0.1) is 0 Å². The molecule has 128 valence electrons. The fraction of sp³-hybridized carbons (Fsp3) is 0.167. The maximum Gasteiger partial charge on any atom is 0.267 e. The Morgan fingerprint density at radius 3 is 2.72 bits per heavy atom. The third-order valence-electron chi connectivity index (χ3n) is 3.24. The Labute approximate surface area is 150 Å². The average molecular weight is 358 g/mol. The Kier molecular flexibility index (Phi) is 5.64. The van der Waals surface area contributed by atoms with Crippen molar-refractivity contribution >= 4 is 17.8 Å². The molecule has 7 heteroatoms. The van der Waals surface area contributed by atoms with E-state index in [4.69, 9.17) is 25.7 Å². The fourth-order valence-electron chi connectivity index (χ4n) is 2.07. The molecule has 0 radical (unpaired) electrons. The van der Waals surface area contributed by atoms with Gasteiger partial charge >= 0.3 is 0 Å². The summed E-state index contributed by atoms with van der Waals surface area (Å²) in [5.41, 5.74) is 1.60. The summed E-state index contributed by atoms with van der Waals surface area (Å²) in [4.78, 5) is 9.43. The molecule has 0 aliphatic rings. The Morgan fingerprint density at radius 2 is 1.96 bits per heavy atom. The second-order valence-electron chi connectivity index (χ2n) is 5.00. The van der Waals surface area contributed by atoms with Crippen LogP contribution in [0, 0.1) is 0 Å². The van der Waals surface area contributed by atoms with Gasteiger partial charge in [-0.25, -0.2) is 0 Å². The van der Waals surface area contributed by atoms with Crippen LogP contribution in [-0.4, -0.2) is 23.0 Å². The van der Waals surface area contributed by atoms with E-state index in [9.17, 15) is 0 Å². The summed E-state index contributed by atoms with van der Waals surface area (Å²) >= 11 is 6.11. The third kappa shape index (κ3) is 4.58. The van der Waals surface area contributed by atoms with E-state index >= 15 is 0 Å². The predicted octanol–water partition coefficient (Wildman–Crippen LogP) is 4.34. The van der Waals surface area contributed by atoms with Crippen LogP contribution in [-0.2, 0) is 11.4 Å². The number of oxime groups is 1. The van der Waals surface area contributed by atoms with Crippen LogP contribution in [0.2, 0.25) is 5.02 Å². The molecular weight excluding hydrogens is 342 g/mol. The monoisotopic (exact) mass is 357 g/mol. The van der Waals surface area contributed by atoms with Crippen LogP contribution in [0.25, 0.3) is 11.4 Å². The van der Waals surface area contributed by atoms with Crippen molar-refractivity contribution < 1.29 is 14.1 Å². The molecule has 2 aromatic carbocycles. The van der Waals surface area contributed by atoms with Gasteiger partial charge in [0.2, 0.25) is 5.82 Å². The molecule has 0 aliphatic carbocycles. The molecule has 0 saturated carbocycles. The first-order valence-corrected chi connectivity index (χ1v) is 8.09. The first-order valence-electron chi connectivity index (χ1n) is 7.72. The van der Waals surface area contributed by atoms with Crippen molar-refractivity contribution in [3.63, 3.8) is 0 Å². The van der Waals surface area contributed by atoms with Crippen molar-refractivity contribution in [2.24, 2.45) is 5.16 Å². The van der Waals surface area contributed by atoms with E-state index in [-0.39, 0.29) is 6.61 Å². The van der Waals surface area contributed by atoms with Crippen LogP contribution in [0.15, 0.2) is 58.2 Å². The molecule has 0 saturated heterocycles. The molecule has 25 heavy (non-hydrogen) atoms. The molecule has 0 aliphatic heterocycles. The van der Waals surface area contributed by atoms with Crippen molar-refractivity contribution in [2.75, 3.05) is 6.61 Å². The number of benzene rings is 2. The maximum atomic E-state index is 6.11. The van der Waals surface area contributed by atoms with Crippen LogP contribution in [0.5, 0.6) is 5.75 Å². The summed E-state index contributed by atoms with van der Waals surface area (Å²) in [7, 11) is 0. The second kappa shape index (κ2) is 8.30. The number of halogens is 1. The Hall–Kier alpha value is -2.86. The molecule has 1 heterocycles. The molecule has 0 fully saturated rings. The highest BCUT2D eigenvalue weighted by molar-refractivity contribution is 6.33. The summed E-state index contributed by atoms with van der Waals surface area (Å²) in [5, 5.41) is 8.35. The lowest BCUT2D eigenvalue weighted by atomic mass is 10.2. The molecule has 6 nitrogen and oxygen atoms in total. The lowest BCUT2D eigenvalue weighted by molar-refractivity contribution is 0.107. The minimum atomic E-state index is 0.0744. The highest BCUT2D eigenvalue weighted by Gasteiger charge is 2.11.